The van der Waals surface area contributed by atoms with Gasteiger partial charge in [-0.3, -0.25) is 4.79 Å². The van der Waals surface area contributed by atoms with Crippen molar-refractivity contribution in [2.45, 2.75) is 44.9 Å². The Morgan fingerprint density at radius 2 is 2.08 bits per heavy atom. The Bertz CT molecular complexity index is 938. The molecule has 136 valence electrons. The summed E-state index contributed by atoms with van der Waals surface area (Å²) in [4.78, 5) is 16.8. The van der Waals surface area contributed by atoms with Gasteiger partial charge in [0.05, 0.1) is 5.57 Å². The summed E-state index contributed by atoms with van der Waals surface area (Å²) in [5.74, 6) is -0.105. The lowest BCUT2D eigenvalue weighted by atomic mass is 9.76. The maximum atomic E-state index is 12.5. The number of aromatic nitrogens is 1. The number of nitrogens with one attached hydrogen (secondary N) is 2. The highest BCUT2D eigenvalue weighted by Crippen LogP contribution is 2.39. The highest BCUT2D eigenvalue weighted by Gasteiger charge is 2.30. The molecule has 0 radical (unpaired) electrons. The van der Waals surface area contributed by atoms with Crippen LogP contribution in [-0.4, -0.2) is 21.7 Å². The number of hydrogen-bond donors (Lipinski definition) is 2. The van der Waals surface area contributed by atoms with Gasteiger partial charge in [-0.25, -0.2) is 0 Å². The van der Waals surface area contributed by atoms with Gasteiger partial charge in [0.25, 0.3) is 5.91 Å². The fraction of sp³-hybridized carbons (Fsp3) is 0.381. The van der Waals surface area contributed by atoms with Crippen LogP contribution >= 0.6 is 0 Å². The van der Waals surface area contributed by atoms with Crippen molar-refractivity contribution in [3.05, 3.63) is 46.3 Å². The van der Waals surface area contributed by atoms with E-state index in [9.17, 15) is 9.35 Å². The van der Waals surface area contributed by atoms with E-state index >= 15 is 0 Å². The topological polar surface area (TPSA) is 67.9 Å². The molecule has 1 atom stereocenters. The Morgan fingerprint density at radius 3 is 2.81 bits per heavy atom. The van der Waals surface area contributed by atoms with Gasteiger partial charge in [-0.1, -0.05) is 13.8 Å². The smallest absolute Gasteiger partial charge is 0.256 e. The third-order valence-electron chi connectivity index (χ3n) is 5.61. The summed E-state index contributed by atoms with van der Waals surface area (Å²) in [5.41, 5.74) is 7.51. The molecule has 5 heteroatoms. The Hall–Kier alpha value is -1.98. The summed E-state index contributed by atoms with van der Waals surface area (Å²) >= 11 is -1.08. The van der Waals surface area contributed by atoms with Crippen LogP contribution in [0.15, 0.2) is 23.1 Å². The van der Waals surface area contributed by atoms with Crippen LogP contribution in [0.3, 0.4) is 0 Å². The van der Waals surface area contributed by atoms with Crippen LogP contribution in [0, 0.1) is 12.3 Å². The highest BCUT2D eigenvalue weighted by atomic mass is 32.2. The lowest BCUT2D eigenvalue weighted by molar-refractivity contribution is -0.110. The van der Waals surface area contributed by atoms with Crippen molar-refractivity contribution < 1.29 is 9.35 Å². The third-order valence-corrected chi connectivity index (χ3v) is 6.53. The molecule has 0 saturated carbocycles. The number of aryl methyl sites for hydroxylation is 1. The Labute approximate surface area is 157 Å². The van der Waals surface area contributed by atoms with E-state index < -0.39 is 11.2 Å². The van der Waals surface area contributed by atoms with Gasteiger partial charge >= 0.3 is 0 Å². The maximum Gasteiger partial charge on any atom is 0.256 e. The summed E-state index contributed by atoms with van der Waals surface area (Å²) in [6, 6.07) is 5.50. The molecule has 1 unspecified atom stereocenters. The zero-order valence-electron chi connectivity index (χ0n) is 15.7. The molecule has 4 rings (SSSR count). The van der Waals surface area contributed by atoms with E-state index in [2.05, 4.69) is 31.1 Å². The minimum Gasteiger partial charge on any atom is -0.612 e. The molecule has 0 bridgehead atoms. The molecule has 4 nitrogen and oxygen atoms in total. The minimum atomic E-state index is -1.08. The molecule has 1 aliphatic heterocycles. The van der Waals surface area contributed by atoms with Gasteiger partial charge in [0.2, 0.25) is 0 Å². The fourth-order valence-corrected chi connectivity index (χ4v) is 4.53. The van der Waals surface area contributed by atoms with Gasteiger partial charge < -0.3 is 14.9 Å². The van der Waals surface area contributed by atoms with Crippen LogP contribution in [0.1, 0.15) is 48.3 Å². The number of H-pyrrole nitrogens is 1. The predicted octanol–water partition coefficient (Wildman–Crippen LogP) is 4.07. The molecule has 1 aliphatic carbocycles. The maximum absolute atomic E-state index is 12.5. The molecule has 0 fully saturated rings. The number of hydrogen-bond acceptors (Lipinski definition) is 2. The molecule has 0 saturated heterocycles. The van der Waals surface area contributed by atoms with Crippen LogP contribution in [0.5, 0.6) is 0 Å². The first-order valence-corrected chi connectivity index (χ1v) is 10.5. The van der Waals surface area contributed by atoms with Crippen molar-refractivity contribution >= 4 is 34.4 Å². The molecule has 26 heavy (non-hydrogen) atoms. The first kappa shape index (κ1) is 17.4. The number of fused-ring (bicyclic) bond motifs is 2. The number of anilines is 1. The van der Waals surface area contributed by atoms with Crippen molar-refractivity contribution in [3.63, 3.8) is 0 Å². The van der Waals surface area contributed by atoms with E-state index in [1.807, 2.05) is 18.2 Å². The summed E-state index contributed by atoms with van der Waals surface area (Å²) in [5, 5.41) is 2.91. The molecule has 0 spiro atoms. The van der Waals surface area contributed by atoms with Crippen LogP contribution < -0.4 is 5.32 Å². The molecular formula is C21H24N2O2S. The van der Waals surface area contributed by atoms with Gasteiger partial charge in [-0.2, -0.15) is 0 Å². The average molecular weight is 369 g/mol. The van der Waals surface area contributed by atoms with E-state index in [4.69, 9.17) is 0 Å². The van der Waals surface area contributed by atoms with E-state index in [0.29, 0.717) is 11.0 Å². The SMILES string of the molecule is Cc1c(/C=C2\C(=O)Nc3ccc([S+](C)[O-])cc32)[nH]c2c1CC(C)(C)CC2. The van der Waals surface area contributed by atoms with Crippen molar-refractivity contribution in [1.82, 2.24) is 4.98 Å². The molecular weight excluding hydrogens is 344 g/mol. The number of benzene rings is 1. The average Bonchev–Trinajstić information content (AvgIpc) is 3.04. The lowest BCUT2D eigenvalue weighted by Gasteiger charge is -2.29. The van der Waals surface area contributed by atoms with Gasteiger partial charge in [0.1, 0.15) is 6.26 Å². The Kier molecular flexibility index (Phi) is 4.04. The van der Waals surface area contributed by atoms with Gasteiger partial charge in [-0.15, -0.1) is 0 Å². The molecule has 2 aromatic rings. The largest absolute Gasteiger partial charge is 0.612 e. The van der Waals surface area contributed by atoms with Crippen LogP contribution in [0.2, 0.25) is 0 Å². The molecule has 1 amide bonds. The number of amides is 1. The quantitative estimate of drug-likeness (QED) is 0.620. The summed E-state index contributed by atoms with van der Waals surface area (Å²) in [7, 11) is 0. The molecule has 1 aromatic heterocycles. The van der Waals surface area contributed by atoms with Crippen molar-refractivity contribution in [1.29, 1.82) is 0 Å². The van der Waals surface area contributed by atoms with Gasteiger partial charge in [0.15, 0.2) is 4.90 Å². The first-order chi connectivity index (χ1) is 12.2. The van der Waals surface area contributed by atoms with E-state index in [0.717, 1.165) is 34.7 Å². The molecule has 2 N–H and O–H groups in total. The van der Waals surface area contributed by atoms with Crippen molar-refractivity contribution in [2.24, 2.45) is 5.41 Å². The Balaban J connectivity index is 1.78. The lowest BCUT2D eigenvalue weighted by Crippen LogP contribution is -2.21. The number of carbonyl (C=O) groups excluding carboxylic acids is 1. The number of aromatic amines is 1. The third kappa shape index (κ3) is 2.89. The standard InChI is InChI=1S/C21H24N2O2S/c1-12-16-11-21(2,3)8-7-18(16)22-19(12)10-15-14-9-13(26(4)25)5-6-17(14)23-20(15)24/h5-6,9-10,22H,7-8,11H2,1-4H3,(H,23,24)/b15-10-. The van der Waals surface area contributed by atoms with Gasteiger partial charge in [-0.05, 0) is 72.1 Å². The number of carbonyl (C=O) groups is 1. The Morgan fingerprint density at radius 1 is 1.31 bits per heavy atom. The number of rotatable bonds is 2. The molecule has 1 aromatic carbocycles. The van der Waals surface area contributed by atoms with Crippen molar-refractivity contribution in [3.8, 4) is 0 Å². The summed E-state index contributed by atoms with van der Waals surface area (Å²) in [6.45, 7) is 6.76. The molecule has 2 heterocycles. The predicted molar refractivity (Wildman–Crippen MR) is 107 cm³/mol. The zero-order chi connectivity index (χ0) is 18.6. The van der Waals surface area contributed by atoms with Crippen molar-refractivity contribution in [2.75, 3.05) is 11.6 Å². The normalized spacial score (nSPS) is 20.7. The summed E-state index contributed by atoms with van der Waals surface area (Å²) in [6.07, 6.45) is 6.89. The highest BCUT2D eigenvalue weighted by molar-refractivity contribution is 7.90. The first-order valence-electron chi connectivity index (χ1n) is 8.96. The van der Waals surface area contributed by atoms with E-state index in [1.54, 1.807) is 12.3 Å². The van der Waals surface area contributed by atoms with Crippen LogP contribution in [-0.2, 0) is 28.8 Å². The van der Waals surface area contributed by atoms with Gasteiger partial charge in [0, 0.05) is 28.7 Å². The second kappa shape index (κ2) is 6.03. The van der Waals surface area contributed by atoms with E-state index in [1.165, 1.54) is 23.2 Å². The minimum absolute atomic E-state index is 0.105. The van der Waals surface area contributed by atoms with Crippen LogP contribution in [0.25, 0.3) is 11.6 Å². The fourth-order valence-electron chi connectivity index (χ4n) is 3.98. The molecule has 2 aliphatic rings. The second-order valence-electron chi connectivity index (χ2n) is 8.14. The zero-order valence-corrected chi connectivity index (χ0v) is 16.5. The van der Waals surface area contributed by atoms with Crippen LogP contribution in [0.4, 0.5) is 5.69 Å². The second-order valence-corrected chi connectivity index (χ2v) is 9.52. The summed E-state index contributed by atoms with van der Waals surface area (Å²) < 4.78 is 11.8. The van der Waals surface area contributed by atoms with E-state index in [-0.39, 0.29) is 5.91 Å². The monoisotopic (exact) mass is 368 g/mol.